The average molecular weight is 345 g/mol. The third kappa shape index (κ3) is 3.66. The van der Waals surface area contributed by atoms with Gasteiger partial charge in [0.15, 0.2) is 0 Å². The second-order valence-electron chi connectivity index (χ2n) is 4.78. The van der Waals surface area contributed by atoms with Gasteiger partial charge in [0, 0.05) is 22.3 Å². The molecule has 2 rings (SSSR count). The molecule has 1 N–H and O–H groups in total. The molecule has 1 saturated heterocycles. The molecule has 0 radical (unpaired) electrons. The molecule has 2 nitrogen and oxygen atoms in total. The first-order chi connectivity index (χ1) is 8.16. The Hall–Kier alpha value is -0.130. The van der Waals surface area contributed by atoms with E-state index in [4.69, 9.17) is 4.74 Å². The zero-order chi connectivity index (χ0) is 12.3. The highest BCUT2D eigenvalue weighted by molar-refractivity contribution is 14.1. The van der Waals surface area contributed by atoms with E-state index in [-0.39, 0.29) is 0 Å². The van der Waals surface area contributed by atoms with Crippen molar-refractivity contribution < 1.29 is 4.74 Å². The van der Waals surface area contributed by atoms with Crippen molar-refractivity contribution in [1.29, 1.82) is 0 Å². The van der Waals surface area contributed by atoms with Crippen molar-refractivity contribution in [1.82, 2.24) is 5.32 Å². The predicted octanol–water partition coefficient (Wildman–Crippen LogP) is 3.51. The van der Waals surface area contributed by atoms with Crippen LogP contribution in [0.25, 0.3) is 0 Å². The van der Waals surface area contributed by atoms with Crippen molar-refractivity contribution >= 4 is 22.6 Å². The molecule has 0 amide bonds. The van der Waals surface area contributed by atoms with E-state index in [9.17, 15) is 0 Å². The number of rotatable bonds is 4. The average Bonchev–Trinajstić information content (AvgIpc) is 2.83. The number of hydrogen-bond donors (Lipinski definition) is 1. The normalized spacial score (nSPS) is 23.6. The summed E-state index contributed by atoms with van der Waals surface area (Å²) >= 11 is 2.34. The maximum absolute atomic E-state index is 5.71. The molecule has 3 heteroatoms. The lowest BCUT2D eigenvalue weighted by Gasteiger charge is -2.24. The monoisotopic (exact) mass is 345 g/mol. The standard InChI is InChI=1S/C14H20INO/c1-10(12-5-7-13(15)8-6-12)16-11(2)14-4-3-9-17-14/h5-8,10-11,14,16H,3-4,9H2,1-2H3. The summed E-state index contributed by atoms with van der Waals surface area (Å²) in [4.78, 5) is 0. The number of ether oxygens (including phenoxy) is 1. The summed E-state index contributed by atoms with van der Waals surface area (Å²) in [6, 6.07) is 9.51. The van der Waals surface area contributed by atoms with Crippen molar-refractivity contribution in [2.45, 2.75) is 44.9 Å². The SMILES string of the molecule is CC(NC(C)C1CCCO1)c1ccc(I)cc1. The summed E-state index contributed by atoms with van der Waals surface area (Å²) in [7, 11) is 0. The Morgan fingerprint density at radius 1 is 1.29 bits per heavy atom. The zero-order valence-electron chi connectivity index (χ0n) is 10.4. The Morgan fingerprint density at radius 2 is 2.00 bits per heavy atom. The molecule has 1 aromatic carbocycles. The Kier molecular flexibility index (Phi) is 4.82. The van der Waals surface area contributed by atoms with Gasteiger partial charge < -0.3 is 10.1 Å². The van der Waals surface area contributed by atoms with E-state index in [1.165, 1.54) is 22.0 Å². The van der Waals surface area contributed by atoms with E-state index in [1.807, 2.05) is 0 Å². The van der Waals surface area contributed by atoms with Crippen molar-refractivity contribution in [2.24, 2.45) is 0 Å². The highest BCUT2D eigenvalue weighted by atomic mass is 127. The minimum atomic E-state index is 0.381. The third-order valence-corrected chi connectivity index (χ3v) is 4.12. The lowest BCUT2D eigenvalue weighted by molar-refractivity contribution is 0.0804. The van der Waals surface area contributed by atoms with E-state index >= 15 is 0 Å². The molecule has 3 atom stereocenters. The molecule has 0 saturated carbocycles. The van der Waals surface area contributed by atoms with E-state index < -0.39 is 0 Å². The van der Waals surface area contributed by atoms with Crippen molar-refractivity contribution in [3.63, 3.8) is 0 Å². The Bertz CT molecular complexity index is 346. The van der Waals surface area contributed by atoms with Gasteiger partial charge in [0.05, 0.1) is 6.10 Å². The molecule has 0 aliphatic carbocycles. The summed E-state index contributed by atoms with van der Waals surface area (Å²) in [5.41, 5.74) is 1.34. The lowest BCUT2D eigenvalue weighted by Crippen LogP contribution is -2.38. The van der Waals surface area contributed by atoms with Crippen LogP contribution in [0.2, 0.25) is 0 Å². The van der Waals surface area contributed by atoms with Crippen LogP contribution in [0.15, 0.2) is 24.3 Å². The minimum absolute atomic E-state index is 0.381. The molecule has 1 fully saturated rings. The van der Waals surface area contributed by atoms with Crippen LogP contribution in [0, 0.1) is 3.57 Å². The molecule has 1 aliphatic rings. The molecule has 1 heterocycles. The van der Waals surface area contributed by atoms with Crippen molar-refractivity contribution in [3.8, 4) is 0 Å². The maximum Gasteiger partial charge on any atom is 0.0726 e. The second kappa shape index (κ2) is 6.16. The summed E-state index contributed by atoms with van der Waals surface area (Å²) in [5, 5.41) is 3.63. The van der Waals surface area contributed by atoms with Crippen LogP contribution in [0.4, 0.5) is 0 Å². The molecule has 1 aliphatic heterocycles. The van der Waals surface area contributed by atoms with Gasteiger partial charge in [0.2, 0.25) is 0 Å². The number of nitrogens with one attached hydrogen (secondary N) is 1. The highest BCUT2D eigenvalue weighted by Crippen LogP contribution is 2.19. The second-order valence-corrected chi connectivity index (χ2v) is 6.03. The van der Waals surface area contributed by atoms with Gasteiger partial charge in [-0.25, -0.2) is 0 Å². The Labute approximate surface area is 117 Å². The quantitative estimate of drug-likeness (QED) is 0.844. The van der Waals surface area contributed by atoms with E-state index in [0.29, 0.717) is 18.2 Å². The topological polar surface area (TPSA) is 21.3 Å². The van der Waals surface area contributed by atoms with Gasteiger partial charge in [-0.3, -0.25) is 0 Å². The molecule has 3 unspecified atom stereocenters. The van der Waals surface area contributed by atoms with Crippen LogP contribution in [0.5, 0.6) is 0 Å². The number of benzene rings is 1. The van der Waals surface area contributed by atoms with E-state index in [1.54, 1.807) is 0 Å². The number of halogens is 1. The van der Waals surface area contributed by atoms with E-state index in [2.05, 4.69) is 66.0 Å². The van der Waals surface area contributed by atoms with E-state index in [0.717, 1.165) is 6.61 Å². The molecule has 0 bridgehead atoms. The molecule has 17 heavy (non-hydrogen) atoms. The van der Waals surface area contributed by atoms with Gasteiger partial charge in [-0.1, -0.05) is 12.1 Å². The van der Waals surface area contributed by atoms with Crippen LogP contribution in [-0.2, 0) is 4.74 Å². The van der Waals surface area contributed by atoms with Gasteiger partial charge in [-0.15, -0.1) is 0 Å². The fourth-order valence-corrected chi connectivity index (χ4v) is 2.71. The molecule has 0 aromatic heterocycles. The third-order valence-electron chi connectivity index (χ3n) is 3.41. The van der Waals surface area contributed by atoms with Crippen molar-refractivity contribution in [3.05, 3.63) is 33.4 Å². The van der Waals surface area contributed by atoms with Crippen LogP contribution in [0.1, 0.15) is 38.3 Å². The first-order valence-electron chi connectivity index (χ1n) is 6.30. The molecule has 1 aromatic rings. The summed E-state index contributed by atoms with van der Waals surface area (Å²) in [6.45, 7) is 5.36. The van der Waals surface area contributed by atoms with Crippen molar-refractivity contribution in [2.75, 3.05) is 6.61 Å². The molecule has 94 valence electrons. The van der Waals surface area contributed by atoms with Gasteiger partial charge in [-0.05, 0) is 67.0 Å². The zero-order valence-corrected chi connectivity index (χ0v) is 12.6. The minimum Gasteiger partial charge on any atom is -0.377 e. The van der Waals surface area contributed by atoms with Gasteiger partial charge in [0.25, 0.3) is 0 Å². The van der Waals surface area contributed by atoms with Gasteiger partial charge in [0.1, 0.15) is 0 Å². The summed E-state index contributed by atoms with van der Waals surface area (Å²) < 4.78 is 6.99. The highest BCUT2D eigenvalue weighted by Gasteiger charge is 2.23. The predicted molar refractivity (Wildman–Crippen MR) is 79.1 cm³/mol. The van der Waals surface area contributed by atoms with Crippen LogP contribution in [-0.4, -0.2) is 18.8 Å². The molecule has 0 spiro atoms. The van der Waals surface area contributed by atoms with Crippen LogP contribution >= 0.6 is 22.6 Å². The van der Waals surface area contributed by atoms with Gasteiger partial charge >= 0.3 is 0 Å². The maximum atomic E-state index is 5.71. The van der Waals surface area contributed by atoms with Crippen LogP contribution in [0.3, 0.4) is 0 Å². The summed E-state index contributed by atoms with van der Waals surface area (Å²) in [5.74, 6) is 0. The smallest absolute Gasteiger partial charge is 0.0726 e. The summed E-state index contributed by atoms with van der Waals surface area (Å²) in [6.07, 6.45) is 2.78. The molecular weight excluding hydrogens is 325 g/mol. The Balaban J connectivity index is 1.91. The fourth-order valence-electron chi connectivity index (χ4n) is 2.35. The lowest BCUT2D eigenvalue weighted by atomic mass is 10.0. The largest absolute Gasteiger partial charge is 0.377 e. The number of hydrogen-bond acceptors (Lipinski definition) is 2. The van der Waals surface area contributed by atoms with Gasteiger partial charge in [-0.2, -0.15) is 0 Å². The first kappa shape index (κ1) is 13.3. The molecular formula is C14H20INO. The Morgan fingerprint density at radius 3 is 2.59 bits per heavy atom. The first-order valence-corrected chi connectivity index (χ1v) is 7.38. The fraction of sp³-hybridized carbons (Fsp3) is 0.571. The van der Waals surface area contributed by atoms with Crippen LogP contribution < -0.4 is 5.32 Å².